The molecule has 1 aromatic rings. The molecule has 5 heteroatoms. The number of likely N-dealkylation sites (tertiary alicyclic amines) is 1. The predicted molar refractivity (Wildman–Crippen MR) is 85.5 cm³/mol. The lowest BCUT2D eigenvalue weighted by Crippen LogP contribution is -2.48. The molecule has 1 aliphatic carbocycles. The Kier molecular flexibility index (Phi) is 4.28. The van der Waals surface area contributed by atoms with Crippen LogP contribution in [0.5, 0.6) is 5.75 Å². The molecule has 0 bridgehead atoms. The third kappa shape index (κ3) is 3.49. The molecule has 1 saturated carbocycles. The number of piperidine rings is 1. The SMILES string of the molecule is CC1(C(=O)O)CCCN(C(=O)c2ccccc2OCC2CC2)C1. The maximum Gasteiger partial charge on any atom is 0.311 e. The van der Waals surface area contributed by atoms with Crippen molar-refractivity contribution >= 4 is 11.9 Å². The van der Waals surface area contributed by atoms with E-state index in [0.29, 0.717) is 43.2 Å². The van der Waals surface area contributed by atoms with Crippen molar-refractivity contribution in [1.82, 2.24) is 4.90 Å². The fourth-order valence-electron chi connectivity index (χ4n) is 3.02. The number of ether oxygens (including phenoxy) is 1. The number of carboxylic acid groups (broad SMARTS) is 1. The largest absolute Gasteiger partial charge is 0.492 e. The molecule has 23 heavy (non-hydrogen) atoms. The van der Waals surface area contributed by atoms with E-state index < -0.39 is 11.4 Å². The van der Waals surface area contributed by atoms with Crippen LogP contribution in [-0.4, -0.2) is 41.6 Å². The van der Waals surface area contributed by atoms with Gasteiger partial charge >= 0.3 is 5.97 Å². The fourth-order valence-corrected chi connectivity index (χ4v) is 3.02. The minimum absolute atomic E-state index is 0.136. The van der Waals surface area contributed by atoms with Gasteiger partial charge in [0.05, 0.1) is 17.6 Å². The summed E-state index contributed by atoms with van der Waals surface area (Å²) in [4.78, 5) is 26.0. The number of rotatable bonds is 5. The maximum absolute atomic E-state index is 12.8. The summed E-state index contributed by atoms with van der Waals surface area (Å²) in [6.07, 6.45) is 3.70. The zero-order valence-corrected chi connectivity index (χ0v) is 13.5. The normalized spacial score (nSPS) is 24.3. The van der Waals surface area contributed by atoms with Crippen LogP contribution in [0.4, 0.5) is 0 Å². The van der Waals surface area contributed by atoms with Crippen molar-refractivity contribution in [3.63, 3.8) is 0 Å². The number of hydrogen-bond donors (Lipinski definition) is 1. The number of para-hydroxylation sites is 1. The van der Waals surface area contributed by atoms with E-state index in [1.165, 1.54) is 12.8 Å². The fraction of sp³-hybridized carbons (Fsp3) is 0.556. The number of carbonyl (C=O) groups excluding carboxylic acids is 1. The molecule has 1 unspecified atom stereocenters. The van der Waals surface area contributed by atoms with Crippen LogP contribution in [-0.2, 0) is 4.79 Å². The summed E-state index contributed by atoms with van der Waals surface area (Å²) in [5, 5.41) is 9.41. The lowest BCUT2D eigenvalue weighted by atomic mass is 9.82. The summed E-state index contributed by atoms with van der Waals surface area (Å²) in [5.74, 6) is 0.243. The first-order valence-corrected chi connectivity index (χ1v) is 8.24. The topological polar surface area (TPSA) is 66.8 Å². The van der Waals surface area contributed by atoms with Gasteiger partial charge in [0.25, 0.3) is 5.91 Å². The molecule has 0 aromatic heterocycles. The second-order valence-electron chi connectivity index (χ2n) is 6.95. The first-order chi connectivity index (χ1) is 11.0. The van der Waals surface area contributed by atoms with E-state index in [9.17, 15) is 14.7 Å². The zero-order valence-electron chi connectivity index (χ0n) is 13.5. The highest BCUT2D eigenvalue weighted by Gasteiger charge is 2.40. The molecule has 1 aliphatic heterocycles. The van der Waals surface area contributed by atoms with Gasteiger partial charge in [0.2, 0.25) is 0 Å². The molecule has 1 N–H and O–H groups in total. The summed E-state index contributed by atoms with van der Waals surface area (Å²) < 4.78 is 5.81. The van der Waals surface area contributed by atoms with Crippen LogP contribution >= 0.6 is 0 Å². The average Bonchev–Trinajstić information content (AvgIpc) is 3.37. The van der Waals surface area contributed by atoms with E-state index in [-0.39, 0.29) is 12.5 Å². The smallest absolute Gasteiger partial charge is 0.311 e. The number of aliphatic carboxylic acids is 1. The van der Waals surface area contributed by atoms with Crippen molar-refractivity contribution in [2.24, 2.45) is 11.3 Å². The molecule has 1 atom stereocenters. The van der Waals surface area contributed by atoms with Crippen molar-refractivity contribution in [3.8, 4) is 5.75 Å². The van der Waals surface area contributed by atoms with E-state index in [0.717, 1.165) is 0 Å². The molecular weight excluding hydrogens is 294 g/mol. The van der Waals surface area contributed by atoms with Crippen molar-refractivity contribution in [2.45, 2.75) is 32.6 Å². The quantitative estimate of drug-likeness (QED) is 0.907. The average molecular weight is 317 g/mol. The van der Waals surface area contributed by atoms with Crippen LogP contribution in [0, 0.1) is 11.3 Å². The van der Waals surface area contributed by atoms with Crippen molar-refractivity contribution < 1.29 is 19.4 Å². The highest BCUT2D eigenvalue weighted by atomic mass is 16.5. The number of carboxylic acids is 1. The Bertz CT molecular complexity index is 611. The summed E-state index contributed by atoms with van der Waals surface area (Å²) in [6, 6.07) is 7.25. The summed E-state index contributed by atoms with van der Waals surface area (Å²) in [6.45, 7) is 3.21. The van der Waals surface area contributed by atoms with Crippen molar-refractivity contribution in [2.75, 3.05) is 19.7 Å². The second-order valence-corrected chi connectivity index (χ2v) is 6.95. The van der Waals surface area contributed by atoms with Gasteiger partial charge in [0, 0.05) is 13.1 Å². The highest BCUT2D eigenvalue weighted by molar-refractivity contribution is 5.97. The molecule has 2 fully saturated rings. The Morgan fingerprint density at radius 1 is 1.35 bits per heavy atom. The minimum Gasteiger partial charge on any atom is -0.492 e. The van der Waals surface area contributed by atoms with E-state index in [1.807, 2.05) is 18.2 Å². The Morgan fingerprint density at radius 3 is 2.78 bits per heavy atom. The van der Waals surface area contributed by atoms with Crippen LogP contribution in [0.2, 0.25) is 0 Å². The van der Waals surface area contributed by atoms with Gasteiger partial charge in [-0.2, -0.15) is 0 Å². The van der Waals surface area contributed by atoms with E-state index in [1.54, 1.807) is 17.9 Å². The Labute approximate surface area is 136 Å². The van der Waals surface area contributed by atoms with Crippen LogP contribution in [0.15, 0.2) is 24.3 Å². The summed E-state index contributed by atoms with van der Waals surface area (Å²) in [7, 11) is 0. The molecule has 3 rings (SSSR count). The van der Waals surface area contributed by atoms with E-state index in [2.05, 4.69) is 0 Å². The van der Waals surface area contributed by atoms with Gasteiger partial charge in [-0.05, 0) is 50.7 Å². The van der Waals surface area contributed by atoms with Crippen LogP contribution in [0.3, 0.4) is 0 Å². The van der Waals surface area contributed by atoms with Crippen molar-refractivity contribution in [1.29, 1.82) is 0 Å². The zero-order chi connectivity index (χ0) is 16.4. The Balaban J connectivity index is 1.75. The molecule has 1 heterocycles. The molecule has 5 nitrogen and oxygen atoms in total. The number of carbonyl (C=O) groups is 2. The van der Waals surface area contributed by atoms with Crippen molar-refractivity contribution in [3.05, 3.63) is 29.8 Å². The molecule has 0 spiro atoms. The Hall–Kier alpha value is -2.04. The number of amides is 1. The maximum atomic E-state index is 12.8. The van der Waals surface area contributed by atoms with Gasteiger partial charge in [-0.15, -0.1) is 0 Å². The van der Waals surface area contributed by atoms with Gasteiger partial charge in [-0.3, -0.25) is 9.59 Å². The number of nitrogens with zero attached hydrogens (tertiary/aromatic N) is 1. The first kappa shape index (κ1) is 15.8. The standard InChI is InChI=1S/C18H23NO4/c1-18(17(21)22)9-4-10-19(12-18)16(20)14-5-2-3-6-15(14)23-11-13-7-8-13/h2-3,5-6,13H,4,7-12H2,1H3,(H,21,22). The molecule has 0 radical (unpaired) electrons. The molecule has 1 aromatic carbocycles. The molecular formula is C18H23NO4. The third-order valence-corrected chi connectivity index (χ3v) is 4.79. The Morgan fingerprint density at radius 2 is 2.09 bits per heavy atom. The van der Waals surface area contributed by atoms with E-state index >= 15 is 0 Å². The van der Waals surface area contributed by atoms with Gasteiger partial charge in [-0.1, -0.05) is 12.1 Å². The summed E-state index contributed by atoms with van der Waals surface area (Å²) >= 11 is 0. The van der Waals surface area contributed by atoms with Crippen LogP contribution in [0.1, 0.15) is 43.0 Å². The van der Waals surface area contributed by atoms with Gasteiger partial charge in [-0.25, -0.2) is 0 Å². The highest BCUT2D eigenvalue weighted by Crippen LogP contribution is 2.33. The van der Waals surface area contributed by atoms with Crippen LogP contribution < -0.4 is 4.74 Å². The monoisotopic (exact) mass is 317 g/mol. The summed E-state index contributed by atoms with van der Waals surface area (Å²) in [5.41, 5.74) is -0.333. The molecule has 2 aliphatic rings. The molecule has 1 saturated heterocycles. The van der Waals surface area contributed by atoms with Gasteiger partial charge in [0.15, 0.2) is 0 Å². The molecule has 1 amide bonds. The first-order valence-electron chi connectivity index (χ1n) is 8.24. The van der Waals surface area contributed by atoms with Crippen LogP contribution in [0.25, 0.3) is 0 Å². The third-order valence-electron chi connectivity index (χ3n) is 4.79. The predicted octanol–water partition coefficient (Wildman–Crippen LogP) is 2.80. The van der Waals surface area contributed by atoms with E-state index in [4.69, 9.17) is 4.74 Å². The molecule has 124 valence electrons. The number of hydrogen-bond acceptors (Lipinski definition) is 3. The second kappa shape index (κ2) is 6.22. The number of benzene rings is 1. The lowest BCUT2D eigenvalue weighted by molar-refractivity contribution is -0.150. The lowest BCUT2D eigenvalue weighted by Gasteiger charge is -2.37. The van der Waals surface area contributed by atoms with Gasteiger partial charge < -0.3 is 14.7 Å². The minimum atomic E-state index is -0.863. The van der Waals surface area contributed by atoms with Gasteiger partial charge in [0.1, 0.15) is 5.75 Å².